The number of benzene rings is 1. The molecular formula is C16H21NO3. The van der Waals surface area contributed by atoms with Crippen LogP contribution in [0.25, 0.3) is 0 Å². The van der Waals surface area contributed by atoms with Gasteiger partial charge in [0.05, 0.1) is 5.56 Å². The van der Waals surface area contributed by atoms with Crippen LogP contribution in [0.2, 0.25) is 0 Å². The molecule has 1 aliphatic heterocycles. The predicted molar refractivity (Wildman–Crippen MR) is 76.9 cm³/mol. The Bertz CT molecular complexity index is 510. The zero-order chi connectivity index (χ0) is 14.7. The molecular weight excluding hydrogens is 254 g/mol. The lowest BCUT2D eigenvalue weighted by Crippen LogP contribution is -2.46. The van der Waals surface area contributed by atoms with E-state index in [0.717, 1.165) is 25.8 Å². The molecule has 1 fully saturated rings. The third-order valence-electron chi connectivity index (χ3n) is 3.94. The highest BCUT2D eigenvalue weighted by Crippen LogP contribution is 2.25. The van der Waals surface area contributed by atoms with E-state index in [4.69, 9.17) is 5.11 Å². The number of amides is 1. The van der Waals surface area contributed by atoms with E-state index in [-0.39, 0.29) is 17.5 Å². The molecule has 1 aromatic rings. The van der Waals surface area contributed by atoms with Gasteiger partial charge in [0, 0.05) is 18.2 Å². The highest BCUT2D eigenvalue weighted by atomic mass is 16.4. The van der Waals surface area contributed by atoms with E-state index in [9.17, 15) is 9.59 Å². The third kappa shape index (κ3) is 3.00. The molecule has 4 heteroatoms. The molecule has 1 N–H and O–H groups in total. The van der Waals surface area contributed by atoms with Gasteiger partial charge >= 0.3 is 5.97 Å². The molecule has 20 heavy (non-hydrogen) atoms. The summed E-state index contributed by atoms with van der Waals surface area (Å²) in [4.78, 5) is 25.5. The lowest BCUT2D eigenvalue weighted by atomic mass is 9.92. The first-order chi connectivity index (χ1) is 9.50. The van der Waals surface area contributed by atoms with Gasteiger partial charge in [-0.15, -0.1) is 0 Å². The van der Waals surface area contributed by atoms with Crippen molar-refractivity contribution in [2.24, 2.45) is 5.92 Å². The van der Waals surface area contributed by atoms with Gasteiger partial charge in [0.15, 0.2) is 0 Å². The number of carbonyl (C=O) groups is 2. The van der Waals surface area contributed by atoms with Crippen LogP contribution in [0.3, 0.4) is 0 Å². The molecule has 0 aromatic heterocycles. The molecule has 0 spiro atoms. The Balaban J connectivity index is 2.25. The minimum atomic E-state index is -1.00. The van der Waals surface area contributed by atoms with Crippen LogP contribution < -0.4 is 0 Å². The minimum absolute atomic E-state index is 0.0495. The normalized spacial score (nSPS) is 19.1. The molecule has 1 aromatic carbocycles. The Morgan fingerprint density at radius 1 is 1.25 bits per heavy atom. The largest absolute Gasteiger partial charge is 0.478 e. The van der Waals surface area contributed by atoms with Crippen LogP contribution in [0.15, 0.2) is 24.3 Å². The van der Waals surface area contributed by atoms with E-state index in [1.54, 1.807) is 12.1 Å². The summed E-state index contributed by atoms with van der Waals surface area (Å²) in [7, 11) is 0. The number of carboxylic acids is 1. The Morgan fingerprint density at radius 3 is 2.60 bits per heavy atom. The van der Waals surface area contributed by atoms with Crippen molar-refractivity contribution in [3.63, 3.8) is 0 Å². The van der Waals surface area contributed by atoms with Gasteiger partial charge in [-0.25, -0.2) is 4.79 Å². The summed E-state index contributed by atoms with van der Waals surface area (Å²) in [5, 5.41) is 9.02. The van der Waals surface area contributed by atoms with Crippen molar-refractivity contribution in [2.45, 2.75) is 39.2 Å². The van der Waals surface area contributed by atoms with E-state index in [2.05, 4.69) is 13.8 Å². The number of carboxylic acid groups (broad SMARTS) is 1. The van der Waals surface area contributed by atoms with Crippen molar-refractivity contribution in [1.29, 1.82) is 0 Å². The van der Waals surface area contributed by atoms with Crippen molar-refractivity contribution in [2.75, 3.05) is 6.54 Å². The number of likely N-dealkylation sites (tertiary alicyclic amines) is 1. The highest BCUT2D eigenvalue weighted by molar-refractivity contribution is 5.97. The molecule has 0 aliphatic carbocycles. The van der Waals surface area contributed by atoms with Crippen LogP contribution in [0.5, 0.6) is 0 Å². The lowest BCUT2D eigenvalue weighted by Gasteiger charge is -2.38. The molecule has 4 nitrogen and oxygen atoms in total. The van der Waals surface area contributed by atoms with Crippen molar-refractivity contribution in [3.8, 4) is 0 Å². The van der Waals surface area contributed by atoms with E-state index in [0.29, 0.717) is 11.5 Å². The average Bonchev–Trinajstić information content (AvgIpc) is 2.46. The fraction of sp³-hybridized carbons (Fsp3) is 0.500. The number of hydrogen-bond donors (Lipinski definition) is 1. The summed E-state index contributed by atoms with van der Waals surface area (Å²) < 4.78 is 0. The van der Waals surface area contributed by atoms with Crippen LogP contribution in [0, 0.1) is 5.92 Å². The average molecular weight is 275 g/mol. The van der Waals surface area contributed by atoms with Gasteiger partial charge in [-0.3, -0.25) is 4.79 Å². The first-order valence-electron chi connectivity index (χ1n) is 7.15. The SMILES string of the molecule is CC(C)C1CCCCN1C(=O)c1cccc(C(=O)O)c1. The molecule has 108 valence electrons. The maximum absolute atomic E-state index is 12.6. The Kier molecular flexibility index (Phi) is 4.42. The van der Waals surface area contributed by atoms with Gasteiger partial charge in [0.2, 0.25) is 0 Å². The maximum atomic E-state index is 12.6. The zero-order valence-electron chi connectivity index (χ0n) is 12.0. The molecule has 1 atom stereocenters. The van der Waals surface area contributed by atoms with E-state index in [1.165, 1.54) is 12.1 Å². The van der Waals surface area contributed by atoms with Gasteiger partial charge < -0.3 is 10.0 Å². The third-order valence-corrected chi connectivity index (χ3v) is 3.94. The Hall–Kier alpha value is -1.84. The summed E-state index contributed by atoms with van der Waals surface area (Å²) in [6, 6.07) is 6.56. The Labute approximate surface area is 119 Å². The fourth-order valence-electron chi connectivity index (χ4n) is 2.85. The summed E-state index contributed by atoms with van der Waals surface area (Å²) in [6.07, 6.45) is 3.21. The van der Waals surface area contributed by atoms with Crippen molar-refractivity contribution in [1.82, 2.24) is 4.90 Å². The quantitative estimate of drug-likeness (QED) is 0.922. The number of hydrogen-bond acceptors (Lipinski definition) is 2. The summed E-state index contributed by atoms with van der Waals surface area (Å²) in [5.74, 6) is -0.632. The summed E-state index contributed by atoms with van der Waals surface area (Å²) in [6.45, 7) is 5.02. The fourth-order valence-corrected chi connectivity index (χ4v) is 2.85. The van der Waals surface area contributed by atoms with Gasteiger partial charge in [0.25, 0.3) is 5.91 Å². The maximum Gasteiger partial charge on any atom is 0.335 e. The van der Waals surface area contributed by atoms with E-state index in [1.807, 2.05) is 4.90 Å². The molecule has 1 amide bonds. The number of carbonyl (C=O) groups excluding carboxylic acids is 1. The smallest absolute Gasteiger partial charge is 0.335 e. The van der Waals surface area contributed by atoms with Crippen LogP contribution in [0.4, 0.5) is 0 Å². The molecule has 0 saturated carbocycles. The molecule has 0 radical (unpaired) electrons. The second-order valence-electron chi connectivity index (χ2n) is 5.69. The van der Waals surface area contributed by atoms with Gasteiger partial charge in [-0.05, 0) is 43.4 Å². The molecule has 1 saturated heterocycles. The van der Waals surface area contributed by atoms with Crippen LogP contribution >= 0.6 is 0 Å². The van der Waals surface area contributed by atoms with Crippen LogP contribution in [-0.2, 0) is 0 Å². The second-order valence-corrected chi connectivity index (χ2v) is 5.69. The first-order valence-corrected chi connectivity index (χ1v) is 7.15. The van der Waals surface area contributed by atoms with Crippen molar-refractivity contribution >= 4 is 11.9 Å². The van der Waals surface area contributed by atoms with Crippen LogP contribution in [0.1, 0.15) is 53.8 Å². The van der Waals surface area contributed by atoms with Gasteiger partial charge in [-0.2, -0.15) is 0 Å². The highest BCUT2D eigenvalue weighted by Gasteiger charge is 2.29. The monoisotopic (exact) mass is 275 g/mol. The zero-order valence-corrected chi connectivity index (χ0v) is 12.0. The number of nitrogens with zero attached hydrogens (tertiary/aromatic N) is 1. The Morgan fingerprint density at radius 2 is 1.95 bits per heavy atom. The summed E-state index contributed by atoms with van der Waals surface area (Å²) >= 11 is 0. The topological polar surface area (TPSA) is 57.6 Å². The van der Waals surface area contributed by atoms with Gasteiger partial charge in [0.1, 0.15) is 0 Å². The molecule has 1 heterocycles. The van der Waals surface area contributed by atoms with Gasteiger partial charge in [-0.1, -0.05) is 19.9 Å². The van der Waals surface area contributed by atoms with E-state index >= 15 is 0 Å². The lowest BCUT2D eigenvalue weighted by molar-refractivity contribution is 0.0543. The summed E-state index contributed by atoms with van der Waals surface area (Å²) in [5.41, 5.74) is 0.631. The molecule has 0 bridgehead atoms. The molecule has 1 unspecified atom stereocenters. The van der Waals surface area contributed by atoms with Crippen molar-refractivity contribution < 1.29 is 14.7 Å². The van der Waals surface area contributed by atoms with E-state index < -0.39 is 5.97 Å². The number of piperidine rings is 1. The van der Waals surface area contributed by atoms with Crippen molar-refractivity contribution in [3.05, 3.63) is 35.4 Å². The van der Waals surface area contributed by atoms with Crippen LogP contribution in [-0.4, -0.2) is 34.5 Å². The predicted octanol–water partition coefficient (Wildman–Crippen LogP) is 3.04. The number of aromatic carboxylic acids is 1. The molecule has 2 rings (SSSR count). The minimum Gasteiger partial charge on any atom is -0.478 e. The standard InChI is InChI=1S/C16H21NO3/c1-11(2)14-8-3-4-9-17(14)15(18)12-6-5-7-13(10-12)16(19)20/h5-7,10-11,14H,3-4,8-9H2,1-2H3,(H,19,20). The second kappa shape index (κ2) is 6.07. The first kappa shape index (κ1) is 14.6. The number of rotatable bonds is 3. The molecule has 1 aliphatic rings.